The smallest absolute Gasteiger partial charge is 0.124 e. The van der Waals surface area contributed by atoms with Crippen LogP contribution in [-0.4, -0.2) is 36.2 Å². The Morgan fingerprint density at radius 1 is 1.15 bits per heavy atom. The van der Waals surface area contributed by atoms with Gasteiger partial charge < -0.3 is 9.47 Å². The van der Waals surface area contributed by atoms with E-state index in [9.17, 15) is 0 Å². The summed E-state index contributed by atoms with van der Waals surface area (Å²) in [5.41, 5.74) is 1.22. The van der Waals surface area contributed by atoms with Crippen LogP contribution in [0.2, 0.25) is 0 Å². The minimum absolute atomic E-state index is 0.270. The van der Waals surface area contributed by atoms with Crippen LogP contribution in [0.5, 0.6) is 11.5 Å². The van der Waals surface area contributed by atoms with Crippen molar-refractivity contribution in [2.24, 2.45) is 0 Å². The van der Waals surface area contributed by atoms with Gasteiger partial charge in [0.2, 0.25) is 0 Å². The number of likely N-dealkylation sites (tertiary alicyclic amines) is 1. The Balaban J connectivity index is 1.51. The molecule has 1 aromatic heterocycles. The molecule has 4 nitrogen and oxygen atoms in total. The van der Waals surface area contributed by atoms with Crippen LogP contribution in [0.15, 0.2) is 48.8 Å². The van der Waals surface area contributed by atoms with E-state index in [2.05, 4.69) is 16.0 Å². The lowest BCUT2D eigenvalue weighted by atomic mass is 10.1. The first-order valence-electron chi connectivity index (χ1n) is 6.76. The Hall–Kier alpha value is -2.07. The third-order valence-corrected chi connectivity index (χ3v) is 3.46. The van der Waals surface area contributed by atoms with Gasteiger partial charge in [-0.3, -0.25) is 9.88 Å². The summed E-state index contributed by atoms with van der Waals surface area (Å²) in [6.45, 7) is 2.79. The summed E-state index contributed by atoms with van der Waals surface area (Å²) in [4.78, 5) is 6.33. The molecule has 4 heteroatoms. The fraction of sp³-hybridized carbons (Fsp3) is 0.312. The SMILES string of the molecule is COc1ccccc1CN1CC(Oc2ccncc2)C1. The number of hydrogen-bond acceptors (Lipinski definition) is 4. The van der Waals surface area contributed by atoms with Crippen LogP contribution in [0.25, 0.3) is 0 Å². The maximum absolute atomic E-state index is 5.86. The average molecular weight is 270 g/mol. The number of pyridine rings is 1. The van der Waals surface area contributed by atoms with E-state index in [-0.39, 0.29) is 6.10 Å². The molecule has 1 saturated heterocycles. The number of methoxy groups -OCH3 is 1. The van der Waals surface area contributed by atoms with Gasteiger partial charge in [-0.15, -0.1) is 0 Å². The van der Waals surface area contributed by atoms with Crippen LogP contribution < -0.4 is 9.47 Å². The molecule has 0 atom stereocenters. The zero-order chi connectivity index (χ0) is 13.8. The molecule has 0 radical (unpaired) electrons. The van der Waals surface area contributed by atoms with Gasteiger partial charge in [-0.05, 0) is 18.2 Å². The van der Waals surface area contributed by atoms with Gasteiger partial charge in [0.1, 0.15) is 17.6 Å². The Labute approximate surface area is 119 Å². The summed E-state index contributed by atoms with van der Waals surface area (Å²) in [5.74, 6) is 1.84. The summed E-state index contributed by atoms with van der Waals surface area (Å²) in [5, 5.41) is 0. The van der Waals surface area contributed by atoms with Crippen molar-refractivity contribution in [3.63, 3.8) is 0 Å². The zero-order valence-electron chi connectivity index (χ0n) is 11.5. The minimum atomic E-state index is 0.270. The predicted octanol–water partition coefficient (Wildman–Crippen LogP) is 2.35. The lowest BCUT2D eigenvalue weighted by Crippen LogP contribution is -2.53. The molecule has 0 bridgehead atoms. The molecule has 0 N–H and O–H groups in total. The molecule has 3 rings (SSSR count). The normalized spacial score (nSPS) is 15.7. The van der Waals surface area contributed by atoms with Crippen molar-refractivity contribution in [2.45, 2.75) is 12.6 Å². The van der Waals surface area contributed by atoms with Crippen molar-refractivity contribution in [1.82, 2.24) is 9.88 Å². The Morgan fingerprint density at radius 3 is 2.65 bits per heavy atom. The number of hydrogen-bond donors (Lipinski definition) is 0. The molecule has 1 fully saturated rings. The van der Waals surface area contributed by atoms with Crippen molar-refractivity contribution in [3.8, 4) is 11.5 Å². The number of benzene rings is 1. The van der Waals surface area contributed by atoms with Crippen LogP contribution in [0.4, 0.5) is 0 Å². The maximum atomic E-state index is 5.86. The summed E-state index contributed by atoms with van der Waals surface area (Å²) >= 11 is 0. The third kappa shape index (κ3) is 2.91. The van der Waals surface area contributed by atoms with Gasteiger partial charge in [0.15, 0.2) is 0 Å². The average Bonchev–Trinajstić information content (AvgIpc) is 2.46. The lowest BCUT2D eigenvalue weighted by Gasteiger charge is -2.39. The van der Waals surface area contributed by atoms with Crippen molar-refractivity contribution in [1.29, 1.82) is 0 Å². The van der Waals surface area contributed by atoms with Gasteiger partial charge >= 0.3 is 0 Å². The number of nitrogens with zero attached hydrogens (tertiary/aromatic N) is 2. The van der Waals surface area contributed by atoms with E-state index in [0.29, 0.717) is 0 Å². The standard InChI is InChI=1S/C16H18N2O2/c1-19-16-5-3-2-4-13(16)10-18-11-15(12-18)20-14-6-8-17-9-7-14/h2-9,15H,10-12H2,1H3. The molecule has 0 amide bonds. The van der Waals surface area contributed by atoms with Crippen LogP contribution in [0.1, 0.15) is 5.56 Å². The maximum Gasteiger partial charge on any atom is 0.124 e. The van der Waals surface area contributed by atoms with Gasteiger partial charge in [-0.1, -0.05) is 18.2 Å². The van der Waals surface area contributed by atoms with Crippen LogP contribution in [0, 0.1) is 0 Å². The summed E-state index contributed by atoms with van der Waals surface area (Å²) in [6.07, 6.45) is 3.77. The molecular formula is C16H18N2O2. The summed E-state index contributed by atoms with van der Waals surface area (Å²) < 4.78 is 11.2. The molecule has 0 saturated carbocycles. The fourth-order valence-corrected chi connectivity index (χ4v) is 2.41. The van der Waals surface area contributed by atoms with Crippen LogP contribution in [-0.2, 0) is 6.54 Å². The van der Waals surface area contributed by atoms with E-state index >= 15 is 0 Å². The summed E-state index contributed by atoms with van der Waals surface area (Å²) in [7, 11) is 1.71. The predicted molar refractivity (Wildman–Crippen MR) is 76.9 cm³/mol. The van der Waals surface area contributed by atoms with Crippen molar-refractivity contribution in [2.75, 3.05) is 20.2 Å². The molecule has 1 aromatic carbocycles. The molecule has 2 aromatic rings. The van der Waals surface area contributed by atoms with Crippen molar-refractivity contribution < 1.29 is 9.47 Å². The van der Waals surface area contributed by atoms with Crippen LogP contribution in [0.3, 0.4) is 0 Å². The van der Waals surface area contributed by atoms with Crippen LogP contribution >= 0.6 is 0 Å². The molecule has 0 spiro atoms. The quantitative estimate of drug-likeness (QED) is 0.835. The fourth-order valence-electron chi connectivity index (χ4n) is 2.41. The van der Waals surface area contributed by atoms with E-state index < -0.39 is 0 Å². The highest BCUT2D eigenvalue weighted by Gasteiger charge is 2.28. The molecule has 2 heterocycles. The van der Waals surface area contributed by atoms with Gasteiger partial charge in [0.05, 0.1) is 7.11 Å². The molecule has 20 heavy (non-hydrogen) atoms. The Morgan fingerprint density at radius 2 is 1.90 bits per heavy atom. The van der Waals surface area contributed by atoms with Gasteiger partial charge in [0, 0.05) is 37.6 Å². The molecule has 0 aliphatic carbocycles. The van der Waals surface area contributed by atoms with Gasteiger partial charge in [0.25, 0.3) is 0 Å². The van der Waals surface area contributed by atoms with E-state index in [1.54, 1.807) is 19.5 Å². The Bertz CT molecular complexity index is 553. The van der Waals surface area contributed by atoms with E-state index in [4.69, 9.17) is 9.47 Å². The van der Waals surface area contributed by atoms with E-state index in [1.165, 1.54) is 5.56 Å². The summed E-state index contributed by atoms with van der Waals surface area (Å²) in [6, 6.07) is 11.9. The number of aromatic nitrogens is 1. The van der Waals surface area contributed by atoms with E-state index in [1.807, 2.05) is 30.3 Å². The molecule has 1 aliphatic heterocycles. The highest BCUT2D eigenvalue weighted by molar-refractivity contribution is 5.33. The molecular weight excluding hydrogens is 252 g/mol. The molecule has 1 aliphatic rings. The first kappa shape index (κ1) is 12.9. The highest BCUT2D eigenvalue weighted by atomic mass is 16.5. The first-order valence-corrected chi connectivity index (χ1v) is 6.76. The number of rotatable bonds is 5. The van der Waals surface area contributed by atoms with E-state index in [0.717, 1.165) is 31.1 Å². The highest BCUT2D eigenvalue weighted by Crippen LogP contribution is 2.23. The lowest BCUT2D eigenvalue weighted by molar-refractivity contribution is 0.0141. The second kappa shape index (κ2) is 5.92. The Kier molecular flexibility index (Phi) is 3.83. The minimum Gasteiger partial charge on any atom is -0.496 e. The van der Waals surface area contributed by atoms with Crippen molar-refractivity contribution in [3.05, 3.63) is 54.4 Å². The van der Waals surface area contributed by atoms with Gasteiger partial charge in [-0.2, -0.15) is 0 Å². The largest absolute Gasteiger partial charge is 0.496 e. The monoisotopic (exact) mass is 270 g/mol. The number of para-hydroxylation sites is 1. The second-order valence-electron chi connectivity index (χ2n) is 4.93. The number of ether oxygens (including phenoxy) is 2. The first-order chi connectivity index (χ1) is 9.85. The molecule has 0 unspecified atom stereocenters. The zero-order valence-corrected chi connectivity index (χ0v) is 11.5. The topological polar surface area (TPSA) is 34.6 Å². The van der Waals surface area contributed by atoms with Gasteiger partial charge in [-0.25, -0.2) is 0 Å². The second-order valence-corrected chi connectivity index (χ2v) is 4.93. The molecule has 104 valence electrons. The third-order valence-electron chi connectivity index (χ3n) is 3.46. The van der Waals surface area contributed by atoms with Crippen molar-refractivity contribution >= 4 is 0 Å².